The lowest BCUT2D eigenvalue weighted by atomic mass is 10.0. The van der Waals surface area contributed by atoms with Gasteiger partial charge in [0.15, 0.2) is 4.80 Å². The van der Waals surface area contributed by atoms with E-state index in [2.05, 4.69) is 50.2 Å². The lowest BCUT2D eigenvalue weighted by Gasteiger charge is -2.22. The molecule has 0 bridgehead atoms. The van der Waals surface area contributed by atoms with Crippen LogP contribution in [-0.4, -0.2) is 29.2 Å². The van der Waals surface area contributed by atoms with Gasteiger partial charge in [0.25, 0.3) is 11.2 Å². The third-order valence-electron chi connectivity index (χ3n) is 6.28. The number of nitrogens with zero attached hydrogens (tertiary/aromatic N) is 3. The standard InChI is InChI=1S/C28H21I2N3O7S/c1-4-39-27(35)23-14(2)31-28-32(26(34)22(41-28)12-15-10-18(29)25(38-3)19(30)11-15)24(23)21-9-8-20(40-21)16-6-5-7-17(13-16)33(36)37/h5-13,24H,4H2,1-3H3/b22-12-/t24-/m0/s1. The van der Waals surface area contributed by atoms with E-state index in [1.165, 1.54) is 28.0 Å². The third kappa shape index (κ3) is 5.61. The van der Waals surface area contributed by atoms with Gasteiger partial charge in [-0.25, -0.2) is 9.79 Å². The summed E-state index contributed by atoms with van der Waals surface area (Å²) in [4.78, 5) is 42.8. The maximum Gasteiger partial charge on any atom is 0.338 e. The fraction of sp³-hybridized carbons (Fsp3) is 0.179. The van der Waals surface area contributed by atoms with Crippen LogP contribution in [0.2, 0.25) is 0 Å². The van der Waals surface area contributed by atoms with E-state index in [1.54, 1.807) is 51.3 Å². The number of fused-ring (bicyclic) bond motifs is 1. The van der Waals surface area contributed by atoms with Gasteiger partial charge < -0.3 is 13.9 Å². The van der Waals surface area contributed by atoms with Gasteiger partial charge in [0.2, 0.25) is 0 Å². The summed E-state index contributed by atoms with van der Waals surface area (Å²) < 4.78 is 20.6. The van der Waals surface area contributed by atoms with Crippen molar-refractivity contribution in [3.8, 4) is 17.1 Å². The summed E-state index contributed by atoms with van der Waals surface area (Å²) in [5.41, 5.74) is 1.46. The van der Waals surface area contributed by atoms with E-state index in [-0.39, 0.29) is 23.4 Å². The molecule has 2 aromatic carbocycles. The molecule has 0 fully saturated rings. The quantitative estimate of drug-likeness (QED) is 0.109. The summed E-state index contributed by atoms with van der Waals surface area (Å²) in [5, 5.41) is 11.3. The number of methoxy groups -OCH3 is 1. The number of carbonyl (C=O) groups excluding carboxylic acids is 1. The van der Waals surface area contributed by atoms with Crippen LogP contribution in [0.15, 0.2) is 74.0 Å². The molecule has 0 unspecified atom stereocenters. The van der Waals surface area contributed by atoms with E-state index in [0.717, 1.165) is 18.5 Å². The molecule has 210 valence electrons. The normalized spacial score (nSPS) is 15.0. The number of rotatable bonds is 7. The number of nitro groups is 1. The molecule has 0 spiro atoms. The van der Waals surface area contributed by atoms with Gasteiger partial charge in [-0.3, -0.25) is 19.5 Å². The van der Waals surface area contributed by atoms with E-state index in [4.69, 9.17) is 13.9 Å². The van der Waals surface area contributed by atoms with Crippen LogP contribution in [0.4, 0.5) is 5.69 Å². The summed E-state index contributed by atoms with van der Waals surface area (Å²) >= 11 is 5.58. The Morgan fingerprint density at radius 1 is 1.22 bits per heavy atom. The van der Waals surface area contributed by atoms with E-state index in [1.807, 2.05) is 12.1 Å². The van der Waals surface area contributed by atoms with E-state index in [9.17, 15) is 19.7 Å². The van der Waals surface area contributed by atoms with Crippen molar-refractivity contribution in [2.24, 2.45) is 4.99 Å². The number of carbonyl (C=O) groups is 1. The number of ether oxygens (including phenoxy) is 2. The second kappa shape index (κ2) is 11.9. The van der Waals surface area contributed by atoms with Gasteiger partial charge >= 0.3 is 5.97 Å². The monoisotopic (exact) mass is 797 g/mol. The highest BCUT2D eigenvalue weighted by atomic mass is 127. The van der Waals surface area contributed by atoms with E-state index >= 15 is 0 Å². The number of aromatic nitrogens is 1. The number of nitro benzene ring substituents is 1. The molecule has 4 aromatic rings. The van der Waals surface area contributed by atoms with Crippen molar-refractivity contribution < 1.29 is 23.6 Å². The van der Waals surface area contributed by atoms with Gasteiger partial charge in [0, 0.05) is 17.7 Å². The maximum atomic E-state index is 13.9. The van der Waals surface area contributed by atoms with Crippen molar-refractivity contribution in [1.82, 2.24) is 4.57 Å². The molecule has 10 nitrogen and oxygen atoms in total. The van der Waals surface area contributed by atoms with Crippen LogP contribution in [0.1, 0.15) is 31.2 Å². The molecule has 3 heterocycles. The fourth-order valence-corrected chi connectivity index (χ4v) is 7.80. The first kappa shape index (κ1) is 29.2. The first-order valence-corrected chi connectivity index (χ1v) is 15.2. The number of halogens is 2. The van der Waals surface area contributed by atoms with E-state index in [0.29, 0.717) is 32.1 Å². The molecular weight excluding hydrogens is 776 g/mol. The Balaban J connectivity index is 1.68. The lowest BCUT2D eigenvalue weighted by molar-refractivity contribution is -0.384. The molecule has 0 saturated heterocycles. The number of hydrogen-bond acceptors (Lipinski definition) is 9. The average Bonchev–Trinajstić information content (AvgIpc) is 3.53. The van der Waals surface area contributed by atoms with Gasteiger partial charge in [-0.2, -0.15) is 0 Å². The van der Waals surface area contributed by atoms with Gasteiger partial charge in [0.1, 0.15) is 23.3 Å². The lowest BCUT2D eigenvalue weighted by Crippen LogP contribution is -2.39. The minimum atomic E-state index is -0.948. The molecule has 0 amide bonds. The molecule has 41 heavy (non-hydrogen) atoms. The molecule has 5 rings (SSSR count). The Morgan fingerprint density at radius 2 is 1.95 bits per heavy atom. The van der Waals surface area contributed by atoms with Crippen LogP contribution < -0.4 is 19.6 Å². The molecule has 0 N–H and O–H groups in total. The molecule has 0 radical (unpaired) electrons. The number of non-ortho nitro benzene ring substituents is 1. The number of esters is 1. The second-order valence-corrected chi connectivity index (χ2v) is 12.2. The Kier molecular flexibility index (Phi) is 8.47. The van der Waals surface area contributed by atoms with Gasteiger partial charge in [-0.1, -0.05) is 23.5 Å². The van der Waals surface area contributed by atoms with Crippen molar-refractivity contribution in [1.29, 1.82) is 0 Å². The summed E-state index contributed by atoms with van der Waals surface area (Å²) in [6, 6.07) is 12.2. The molecule has 0 aliphatic carbocycles. The topological polar surface area (TPSA) is 126 Å². The van der Waals surface area contributed by atoms with Crippen molar-refractivity contribution >= 4 is 74.3 Å². The molecule has 13 heteroatoms. The molecule has 1 atom stereocenters. The van der Waals surface area contributed by atoms with Crippen LogP contribution >= 0.6 is 56.5 Å². The zero-order chi connectivity index (χ0) is 29.4. The molecule has 0 saturated carbocycles. The first-order valence-electron chi connectivity index (χ1n) is 12.2. The summed E-state index contributed by atoms with van der Waals surface area (Å²) in [5.74, 6) is 0.800. The van der Waals surface area contributed by atoms with E-state index < -0.39 is 16.9 Å². The molecule has 2 aromatic heterocycles. The van der Waals surface area contributed by atoms with Crippen LogP contribution in [0.3, 0.4) is 0 Å². The number of hydrogen-bond donors (Lipinski definition) is 0. The minimum Gasteiger partial charge on any atom is -0.495 e. The Bertz CT molecular complexity index is 1900. The van der Waals surface area contributed by atoms with Crippen molar-refractivity contribution in [2.45, 2.75) is 19.9 Å². The van der Waals surface area contributed by atoms with Crippen LogP contribution in [0.25, 0.3) is 17.4 Å². The maximum absolute atomic E-state index is 13.9. The smallest absolute Gasteiger partial charge is 0.338 e. The predicted octanol–water partition coefficient (Wildman–Crippen LogP) is 5.18. The average molecular weight is 797 g/mol. The fourth-order valence-electron chi connectivity index (χ4n) is 4.50. The SMILES string of the molecule is CCOC(=O)C1=C(C)N=c2s/c(=C\c3cc(I)c(OC)c(I)c3)c(=O)n2[C@H]1c1ccc(-c2cccc([N+](=O)[O-])c2)o1. The molecule has 1 aliphatic rings. The van der Waals surface area contributed by atoms with Crippen LogP contribution in [-0.2, 0) is 9.53 Å². The zero-order valence-corrected chi connectivity index (χ0v) is 27.0. The van der Waals surface area contributed by atoms with Crippen LogP contribution in [0, 0.1) is 17.3 Å². The Labute approximate surface area is 264 Å². The largest absolute Gasteiger partial charge is 0.495 e. The third-order valence-corrected chi connectivity index (χ3v) is 8.86. The number of furan rings is 1. The van der Waals surface area contributed by atoms with Gasteiger partial charge in [-0.05, 0) is 94.9 Å². The summed E-state index contributed by atoms with van der Waals surface area (Å²) in [6.45, 7) is 3.52. The predicted molar refractivity (Wildman–Crippen MR) is 170 cm³/mol. The summed E-state index contributed by atoms with van der Waals surface area (Å²) in [7, 11) is 1.61. The Morgan fingerprint density at radius 3 is 2.61 bits per heavy atom. The first-order chi connectivity index (χ1) is 19.6. The van der Waals surface area contributed by atoms with Crippen molar-refractivity contribution in [3.05, 3.63) is 108 Å². The number of allylic oxidation sites excluding steroid dienone is 1. The van der Waals surface area contributed by atoms with Gasteiger partial charge in [0.05, 0.1) is 41.6 Å². The Hall–Kier alpha value is -3.31. The minimum absolute atomic E-state index is 0.0840. The second-order valence-electron chi connectivity index (χ2n) is 8.83. The highest BCUT2D eigenvalue weighted by Gasteiger charge is 2.35. The zero-order valence-electron chi connectivity index (χ0n) is 21.8. The number of benzene rings is 2. The molecule has 1 aliphatic heterocycles. The van der Waals surface area contributed by atoms with Crippen LogP contribution in [0.5, 0.6) is 5.75 Å². The van der Waals surface area contributed by atoms with Gasteiger partial charge in [-0.15, -0.1) is 0 Å². The number of thiazole rings is 1. The van der Waals surface area contributed by atoms with Crippen molar-refractivity contribution in [2.75, 3.05) is 13.7 Å². The summed E-state index contributed by atoms with van der Waals surface area (Å²) in [6.07, 6.45) is 1.78. The highest BCUT2D eigenvalue weighted by molar-refractivity contribution is 14.1. The highest BCUT2D eigenvalue weighted by Crippen LogP contribution is 2.35. The molecular formula is C28H21I2N3O7S. The van der Waals surface area contributed by atoms with Crippen molar-refractivity contribution in [3.63, 3.8) is 0 Å².